The van der Waals surface area contributed by atoms with Crippen LogP contribution in [0.4, 0.5) is 0 Å². The summed E-state index contributed by atoms with van der Waals surface area (Å²) >= 11 is 1.41. The normalized spacial score (nSPS) is 16.5. The predicted molar refractivity (Wildman–Crippen MR) is 99.8 cm³/mol. The molecule has 1 saturated heterocycles. The lowest BCUT2D eigenvalue weighted by Crippen LogP contribution is -2.26. The summed E-state index contributed by atoms with van der Waals surface area (Å²) < 4.78 is 10.7. The minimum absolute atomic E-state index is 0.00661. The van der Waals surface area contributed by atoms with Crippen molar-refractivity contribution in [3.05, 3.63) is 34.4 Å². The minimum Gasteiger partial charge on any atom is -0.493 e. The first-order valence-electron chi connectivity index (χ1n) is 8.08. The molecule has 1 fully saturated rings. The van der Waals surface area contributed by atoms with Gasteiger partial charge in [0.1, 0.15) is 0 Å². The molecule has 1 amide bonds. The Morgan fingerprint density at radius 3 is 2.40 bits per heavy atom. The Kier molecular flexibility index (Phi) is 5.83. The van der Waals surface area contributed by atoms with Crippen molar-refractivity contribution >= 4 is 23.5 Å². The third-order valence-electron chi connectivity index (χ3n) is 4.07. The molecule has 0 N–H and O–H groups in total. The van der Waals surface area contributed by atoms with Gasteiger partial charge in [0, 0.05) is 11.5 Å². The maximum atomic E-state index is 12.3. The second-order valence-electron chi connectivity index (χ2n) is 7.00. The van der Waals surface area contributed by atoms with Gasteiger partial charge < -0.3 is 14.4 Å². The lowest BCUT2D eigenvalue weighted by molar-refractivity contribution is -0.125. The molecular formula is C19H25NO4S. The van der Waals surface area contributed by atoms with Crippen molar-refractivity contribution in [1.82, 2.24) is 4.90 Å². The molecule has 5 nitrogen and oxygen atoms in total. The summed E-state index contributed by atoms with van der Waals surface area (Å²) in [5, 5.41) is 0.708. The van der Waals surface area contributed by atoms with Crippen molar-refractivity contribution in [1.29, 1.82) is 0 Å². The van der Waals surface area contributed by atoms with Crippen LogP contribution in [0.15, 0.2) is 23.2 Å². The van der Waals surface area contributed by atoms with Gasteiger partial charge in [-0.1, -0.05) is 32.5 Å². The molecule has 0 aliphatic carbocycles. The van der Waals surface area contributed by atoms with Gasteiger partial charge >= 0.3 is 0 Å². The molecule has 1 aromatic carbocycles. The van der Waals surface area contributed by atoms with E-state index in [0.717, 1.165) is 11.1 Å². The van der Waals surface area contributed by atoms with E-state index in [2.05, 4.69) is 0 Å². The number of allylic oxidation sites excluding steroid dienone is 1. The van der Waals surface area contributed by atoms with E-state index in [4.69, 9.17) is 9.47 Å². The van der Waals surface area contributed by atoms with E-state index < -0.39 is 5.41 Å². The maximum Gasteiger partial charge on any atom is 0.238 e. The summed E-state index contributed by atoms with van der Waals surface area (Å²) in [6.07, 6.45) is 1.59. The average Bonchev–Trinajstić information content (AvgIpc) is 2.88. The molecule has 0 radical (unpaired) electrons. The Balaban J connectivity index is 2.32. The molecule has 1 heterocycles. The van der Waals surface area contributed by atoms with Gasteiger partial charge in [-0.3, -0.25) is 9.59 Å². The molecule has 0 saturated carbocycles. The van der Waals surface area contributed by atoms with Gasteiger partial charge in [0.05, 0.1) is 31.5 Å². The first kappa shape index (κ1) is 19.4. The fraction of sp³-hybridized carbons (Fsp3) is 0.474. The Labute approximate surface area is 153 Å². The van der Waals surface area contributed by atoms with Gasteiger partial charge in [0.15, 0.2) is 17.3 Å². The molecule has 1 aliphatic heterocycles. The predicted octanol–water partition coefficient (Wildman–Crippen LogP) is 3.54. The van der Waals surface area contributed by atoms with Crippen molar-refractivity contribution < 1.29 is 19.1 Å². The molecule has 0 aromatic heterocycles. The maximum absolute atomic E-state index is 12.3. The largest absolute Gasteiger partial charge is 0.493 e. The van der Waals surface area contributed by atoms with Crippen LogP contribution in [0, 0.1) is 12.3 Å². The number of nitrogens with zero attached hydrogens (tertiary/aromatic N) is 1. The third-order valence-corrected chi connectivity index (χ3v) is 5.10. The number of rotatable bonds is 5. The summed E-state index contributed by atoms with van der Waals surface area (Å²) in [4.78, 5) is 26.3. The zero-order valence-corrected chi connectivity index (χ0v) is 16.5. The highest BCUT2D eigenvalue weighted by atomic mass is 32.2. The highest BCUT2D eigenvalue weighted by Crippen LogP contribution is 2.35. The van der Waals surface area contributed by atoms with E-state index in [1.54, 1.807) is 25.2 Å². The van der Waals surface area contributed by atoms with Crippen LogP contribution >= 0.6 is 11.8 Å². The van der Waals surface area contributed by atoms with Gasteiger partial charge in [0.25, 0.3) is 0 Å². The topological polar surface area (TPSA) is 55.8 Å². The number of carbonyl (C=O) groups excluding carboxylic acids is 2. The Morgan fingerprint density at radius 1 is 1.24 bits per heavy atom. The summed E-state index contributed by atoms with van der Waals surface area (Å²) in [5.74, 6) is 1.66. The number of thioether (sulfide) groups is 1. The van der Waals surface area contributed by atoms with E-state index in [-0.39, 0.29) is 11.7 Å². The van der Waals surface area contributed by atoms with Crippen LogP contribution in [0.2, 0.25) is 0 Å². The van der Waals surface area contributed by atoms with Crippen molar-refractivity contribution in [3.8, 4) is 11.5 Å². The molecule has 0 bridgehead atoms. The van der Waals surface area contributed by atoms with Crippen molar-refractivity contribution in [3.63, 3.8) is 0 Å². The number of ether oxygens (including phenoxy) is 2. The van der Waals surface area contributed by atoms with Crippen LogP contribution in [-0.4, -0.2) is 36.6 Å². The van der Waals surface area contributed by atoms with Crippen molar-refractivity contribution in [2.75, 3.05) is 20.0 Å². The highest BCUT2D eigenvalue weighted by Gasteiger charge is 2.30. The van der Waals surface area contributed by atoms with Crippen molar-refractivity contribution in [2.24, 2.45) is 5.41 Å². The highest BCUT2D eigenvalue weighted by molar-refractivity contribution is 8.04. The summed E-state index contributed by atoms with van der Waals surface area (Å²) in [7, 11) is 3.18. The SMILES string of the molecule is COc1cc(C)c(CN2C(=O)CS/C2=C\C(=O)C(C)(C)C)cc1OC. The van der Waals surface area contributed by atoms with Gasteiger partial charge in [-0.15, -0.1) is 0 Å². The minimum atomic E-state index is -0.468. The van der Waals surface area contributed by atoms with E-state index in [0.29, 0.717) is 28.8 Å². The number of benzene rings is 1. The first-order chi connectivity index (χ1) is 11.7. The second kappa shape index (κ2) is 7.52. The number of aryl methyl sites for hydroxylation is 1. The number of methoxy groups -OCH3 is 2. The fourth-order valence-corrected chi connectivity index (χ4v) is 3.33. The molecule has 0 atom stereocenters. The molecule has 2 rings (SSSR count). The van der Waals surface area contributed by atoms with E-state index in [1.807, 2.05) is 39.8 Å². The van der Waals surface area contributed by atoms with Gasteiger partial charge in [-0.2, -0.15) is 0 Å². The molecular weight excluding hydrogens is 338 g/mol. The molecule has 136 valence electrons. The monoisotopic (exact) mass is 363 g/mol. The van der Waals surface area contributed by atoms with Crippen LogP contribution in [0.5, 0.6) is 11.5 Å². The average molecular weight is 363 g/mol. The molecule has 6 heteroatoms. The standard InChI is InChI=1S/C19H25NO4S/c1-12-7-14(23-5)15(24-6)8-13(12)10-20-17(22)11-25-18(20)9-16(21)19(2,3)4/h7-9H,10-11H2,1-6H3/b18-9-. The first-order valence-corrected chi connectivity index (χ1v) is 9.06. The summed E-state index contributed by atoms with van der Waals surface area (Å²) in [6, 6.07) is 3.78. The third kappa shape index (κ3) is 4.37. The summed E-state index contributed by atoms with van der Waals surface area (Å²) in [6.45, 7) is 7.99. The Bertz CT molecular complexity index is 719. The number of hydrogen-bond donors (Lipinski definition) is 0. The second-order valence-corrected chi connectivity index (χ2v) is 7.99. The Morgan fingerprint density at radius 2 is 1.84 bits per heavy atom. The zero-order valence-electron chi connectivity index (χ0n) is 15.6. The van der Waals surface area contributed by atoms with E-state index in [1.165, 1.54) is 11.8 Å². The zero-order chi connectivity index (χ0) is 18.8. The Hall–Kier alpha value is -1.95. The molecule has 1 aromatic rings. The van der Waals surface area contributed by atoms with Crippen LogP contribution in [-0.2, 0) is 16.1 Å². The summed E-state index contributed by atoms with van der Waals surface area (Å²) in [5.41, 5.74) is 1.50. The number of hydrogen-bond acceptors (Lipinski definition) is 5. The molecule has 25 heavy (non-hydrogen) atoms. The van der Waals surface area contributed by atoms with Gasteiger partial charge in [-0.25, -0.2) is 0 Å². The number of ketones is 1. The number of amides is 1. The van der Waals surface area contributed by atoms with Crippen LogP contribution in [0.25, 0.3) is 0 Å². The van der Waals surface area contributed by atoms with Gasteiger partial charge in [0.2, 0.25) is 5.91 Å². The smallest absolute Gasteiger partial charge is 0.238 e. The molecule has 0 spiro atoms. The van der Waals surface area contributed by atoms with Crippen molar-refractivity contribution in [2.45, 2.75) is 34.2 Å². The lowest BCUT2D eigenvalue weighted by Gasteiger charge is -2.21. The van der Waals surface area contributed by atoms with Crippen LogP contribution < -0.4 is 9.47 Å². The van der Waals surface area contributed by atoms with Crippen LogP contribution in [0.3, 0.4) is 0 Å². The van der Waals surface area contributed by atoms with E-state index >= 15 is 0 Å². The molecule has 1 aliphatic rings. The number of carbonyl (C=O) groups is 2. The quantitative estimate of drug-likeness (QED) is 0.749. The van der Waals surface area contributed by atoms with Gasteiger partial charge in [-0.05, 0) is 30.2 Å². The fourth-order valence-electron chi connectivity index (χ4n) is 2.39. The van der Waals surface area contributed by atoms with Crippen LogP contribution in [0.1, 0.15) is 31.9 Å². The lowest BCUT2D eigenvalue weighted by atomic mass is 9.91. The molecule has 0 unspecified atom stereocenters. The van der Waals surface area contributed by atoms with E-state index in [9.17, 15) is 9.59 Å².